The van der Waals surface area contributed by atoms with Gasteiger partial charge in [-0.2, -0.15) is 0 Å². The van der Waals surface area contributed by atoms with E-state index in [0.29, 0.717) is 24.1 Å². The molecule has 0 bridgehead atoms. The molecular formula is C13H20N4O3S. The zero-order chi connectivity index (χ0) is 15.8. The number of aromatic nitrogens is 2. The average Bonchev–Trinajstić information content (AvgIpc) is 2.63. The Balaban J connectivity index is 2.39. The molecule has 0 radical (unpaired) electrons. The second kappa shape index (κ2) is 5.63. The normalized spacial score (nSPS) is 12.4. The van der Waals surface area contributed by atoms with Crippen LogP contribution in [0.4, 0.5) is 0 Å². The molecule has 0 saturated heterocycles. The van der Waals surface area contributed by atoms with Crippen LogP contribution < -0.4 is 10.4 Å². The Hall–Kier alpha value is -1.64. The molecule has 7 nitrogen and oxygen atoms in total. The first-order valence-corrected chi connectivity index (χ1v) is 8.02. The smallest absolute Gasteiger partial charge is 0.308 e. The Morgan fingerprint density at radius 1 is 1.14 bits per heavy atom. The number of aryl methyl sites for hydroxylation is 2. The van der Waals surface area contributed by atoms with Gasteiger partial charge in [-0.25, -0.2) is 17.9 Å². The van der Waals surface area contributed by atoms with E-state index in [2.05, 4.69) is 4.72 Å². The Morgan fingerprint density at radius 3 is 2.38 bits per heavy atom. The number of fused-ring (bicyclic) bond motifs is 1. The minimum atomic E-state index is -3.57. The molecule has 1 aromatic carbocycles. The summed E-state index contributed by atoms with van der Waals surface area (Å²) in [5.41, 5.74) is 1.12. The lowest BCUT2D eigenvalue weighted by atomic mass is 10.3. The molecule has 0 amide bonds. The maximum Gasteiger partial charge on any atom is 0.328 e. The van der Waals surface area contributed by atoms with E-state index < -0.39 is 10.0 Å². The number of nitrogens with zero attached hydrogens (tertiary/aromatic N) is 3. The van der Waals surface area contributed by atoms with E-state index in [1.54, 1.807) is 20.2 Å². The van der Waals surface area contributed by atoms with Crippen LogP contribution in [0.25, 0.3) is 11.0 Å². The number of likely N-dealkylation sites (N-methyl/N-ethyl adjacent to an activating group) is 1. The van der Waals surface area contributed by atoms with Gasteiger partial charge in [-0.1, -0.05) is 0 Å². The van der Waals surface area contributed by atoms with E-state index in [1.165, 1.54) is 21.3 Å². The second-order valence-corrected chi connectivity index (χ2v) is 7.02. The van der Waals surface area contributed by atoms with Crippen LogP contribution in [0.5, 0.6) is 0 Å². The van der Waals surface area contributed by atoms with Crippen LogP contribution in [0.1, 0.15) is 0 Å². The summed E-state index contributed by atoms with van der Waals surface area (Å²) in [6, 6.07) is 4.69. The third-order valence-corrected chi connectivity index (χ3v) is 4.86. The minimum absolute atomic E-state index is 0.162. The molecule has 0 saturated carbocycles. The van der Waals surface area contributed by atoms with Crippen LogP contribution in [0, 0.1) is 0 Å². The van der Waals surface area contributed by atoms with Gasteiger partial charge < -0.3 is 4.90 Å². The number of imidazole rings is 1. The standard InChI is InChI=1S/C13H20N4O3S/c1-15(2)8-7-14-21(19,20)10-5-6-11-12(9-10)17(4)13(18)16(11)3/h5-6,9,14H,7-8H2,1-4H3. The first-order chi connectivity index (χ1) is 9.74. The summed E-state index contributed by atoms with van der Waals surface area (Å²) in [7, 11) is 3.47. The van der Waals surface area contributed by atoms with Gasteiger partial charge in [0.1, 0.15) is 0 Å². The molecule has 1 heterocycles. The fraction of sp³-hybridized carbons (Fsp3) is 0.462. The third-order valence-electron chi connectivity index (χ3n) is 3.40. The Bertz CT molecular complexity index is 818. The number of sulfonamides is 1. The summed E-state index contributed by atoms with van der Waals surface area (Å²) in [4.78, 5) is 13.9. The van der Waals surface area contributed by atoms with E-state index in [-0.39, 0.29) is 10.6 Å². The summed E-state index contributed by atoms with van der Waals surface area (Å²) in [5.74, 6) is 0. The fourth-order valence-corrected chi connectivity index (χ4v) is 3.18. The van der Waals surface area contributed by atoms with E-state index in [4.69, 9.17) is 0 Å². The summed E-state index contributed by atoms with van der Waals surface area (Å²) in [6.07, 6.45) is 0. The predicted octanol–water partition coefficient (Wildman–Crippen LogP) is -0.283. The van der Waals surface area contributed by atoms with Crippen LogP contribution in [-0.4, -0.2) is 49.6 Å². The van der Waals surface area contributed by atoms with E-state index in [9.17, 15) is 13.2 Å². The number of nitrogens with one attached hydrogen (secondary N) is 1. The zero-order valence-corrected chi connectivity index (χ0v) is 13.4. The Labute approximate surface area is 123 Å². The lowest BCUT2D eigenvalue weighted by Gasteiger charge is -2.11. The van der Waals surface area contributed by atoms with E-state index in [0.717, 1.165) is 0 Å². The van der Waals surface area contributed by atoms with Gasteiger partial charge in [0.2, 0.25) is 10.0 Å². The van der Waals surface area contributed by atoms with E-state index in [1.807, 2.05) is 19.0 Å². The van der Waals surface area contributed by atoms with Crippen LogP contribution in [0.2, 0.25) is 0 Å². The number of hydrogen-bond acceptors (Lipinski definition) is 4. The van der Waals surface area contributed by atoms with E-state index >= 15 is 0 Å². The van der Waals surface area contributed by atoms with Gasteiger partial charge in [0, 0.05) is 27.2 Å². The molecular weight excluding hydrogens is 292 g/mol. The van der Waals surface area contributed by atoms with Crippen LogP contribution >= 0.6 is 0 Å². The number of hydrogen-bond donors (Lipinski definition) is 1. The monoisotopic (exact) mass is 312 g/mol. The molecule has 0 aliphatic carbocycles. The quantitative estimate of drug-likeness (QED) is 0.824. The SMILES string of the molecule is CN(C)CCNS(=O)(=O)c1ccc2c(c1)n(C)c(=O)n2C. The summed E-state index contributed by atoms with van der Waals surface area (Å²) in [5, 5.41) is 0. The van der Waals surface area contributed by atoms with Gasteiger partial charge in [0.15, 0.2) is 0 Å². The fourth-order valence-electron chi connectivity index (χ4n) is 2.14. The molecule has 0 fully saturated rings. The van der Waals surface area contributed by atoms with Crippen molar-refractivity contribution in [3.8, 4) is 0 Å². The van der Waals surface area contributed by atoms with Crippen molar-refractivity contribution in [1.82, 2.24) is 18.8 Å². The number of benzene rings is 1. The molecule has 1 aromatic heterocycles. The van der Waals surface area contributed by atoms with Crippen LogP contribution in [-0.2, 0) is 24.1 Å². The molecule has 21 heavy (non-hydrogen) atoms. The van der Waals surface area contributed by atoms with Crippen molar-refractivity contribution in [2.45, 2.75) is 4.90 Å². The molecule has 2 aromatic rings. The van der Waals surface area contributed by atoms with Crippen molar-refractivity contribution in [3.05, 3.63) is 28.7 Å². The van der Waals surface area contributed by atoms with Crippen LogP contribution in [0.3, 0.4) is 0 Å². The van der Waals surface area contributed by atoms with Crippen molar-refractivity contribution in [2.75, 3.05) is 27.2 Å². The van der Waals surface area contributed by atoms with Crippen molar-refractivity contribution in [3.63, 3.8) is 0 Å². The summed E-state index contributed by atoms with van der Waals surface area (Å²) in [6.45, 7) is 0.951. The predicted molar refractivity (Wildman–Crippen MR) is 81.9 cm³/mol. The minimum Gasteiger partial charge on any atom is -0.308 e. The highest BCUT2D eigenvalue weighted by Gasteiger charge is 2.16. The molecule has 0 aliphatic rings. The lowest BCUT2D eigenvalue weighted by molar-refractivity contribution is 0.412. The van der Waals surface area contributed by atoms with Gasteiger partial charge in [-0.05, 0) is 32.3 Å². The summed E-state index contributed by atoms with van der Waals surface area (Å²) < 4.78 is 30.0. The molecule has 0 unspecified atom stereocenters. The summed E-state index contributed by atoms with van der Waals surface area (Å²) >= 11 is 0. The Kier molecular flexibility index (Phi) is 4.22. The van der Waals surface area contributed by atoms with Crippen molar-refractivity contribution < 1.29 is 8.42 Å². The first kappa shape index (κ1) is 15.7. The highest BCUT2D eigenvalue weighted by molar-refractivity contribution is 7.89. The van der Waals surface area contributed by atoms with Gasteiger partial charge in [-0.3, -0.25) is 9.13 Å². The zero-order valence-electron chi connectivity index (χ0n) is 12.6. The van der Waals surface area contributed by atoms with Crippen molar-refractivity contribution in [2.24, 2.45) is 14.1 Å². The number of rotatable bonds is 5. The molecule has 8 heteroatoms. The molecule has 0 aliphatic heterocycles. The molecule has 116 valence electrons. The van der Waals surface area contributed by atoms with Gasteiger partial charge in [0.05, 0.1) is 15.9 Å². The highest BCUT2D eigenvalue weighted by Crippen LogP contribution is 2.17. The molecule has 2 rings (SSSR count). The van der Waals surface area contributed by atoms with Crippen LogP contribution in [0.15, 0.2) is 27.9 Å². The lowest BCUT2D eigenvalue weighted by Crippen LogP contribution is -2.31. The molecule has 0 spiro atoms. The molecule has 0 atom stereocenters. The third kappa shape index (κ3) is 3.02. The second-order valence-electron chi connectivity index (χ2n) is 5.25. The maximum atomic E-state index is 12.2. The largest absolute Gasteiger partial charge is 0.328 e. The van der Waals surface area contributed by atoms with Gasteiger partial charge in [0.25, 0.3) is 0 Å². The van der Waals surface area contributed by atoms with Gasteiger partial charge in [-0.15, -0.1) is 0 Å². The highest BCUT2D eigenvalue weighted by atomic mass is 32.2. The molecule has 1 N–H and O–H groups in total. The van der Waals surface area contributed by atoms with Gasteiger partial charge >= 0.3 is 5.69 Å². The topological polar surface area (TPSA) is 76.3 Å². The van der Waals surface area contributed by atoms with Crippen molar-refractivity contribution in [1.29, 1.82) is 0 Å². The first-order valence-electron chi connectivity index (χ1n) is 6.54. The maximum absolute atomic E-state index is 12.2. The van der Waals surface area contributed by atoms with Crippen molar-refractivity contribution >= 4 is 21.1 Å². The average molecular weight is 312 g/mol. The Morgan fingerprint density at radius 2 is 1.76 bits per heavy atom.